The standard InChI is InChI=1S/C20H25FN4O3S/c1-14-11-16(6-7-17(14)21)29(27,28)24-9-3-5-15(13-24)18-12-19-20(26)23(2)8-4-10-25(19)22-18/h6-7,11-12,15H,3-5,8-10,13H2,1-2H3. The summed E-state index contributed by atoms with van der Waals surface area (Å²) in [7, 11) is -1.93. The zero-order valence-corrected chi connectivity index (χ0v) is 17.5. The second-order valence-corrected chi connectivity index (χ2v) is 9.81. The van der Waals surface area contributed by atoms with E-state index in [0.29, 0.717) is 43.9 Å². The third-order valence-corrected chi connectivity index (χ3v) is 7.66. The fourth-order valence-electron chi connectivity index (χ4n) is 4.06. The molecule has 2 aromatic rings. The Hall–Kier alpha value is -2.26. The van der Waals surface area contributed by atoms with Crippen molar-refractivity contribution >= 4 is 15.9 Å². The summed E-state index contributed by atoms with van der Waals surface area (Å²) in [4.78, 5) is 14.3. The summed E-state index contributed by atoms with van der Waals surface area (Å²) in [6.45, 7) is 3.66. The van der Waals surface area contributed by atoms with Gasteiger partial charge in [0, 0.05) is 39.1 Å². The number of hydrogen-bond acceptors (Lipinski definition) is 4. The molecule has 9 heteroatoms. The minimum atomic E-state index is -3.71. The van der Waals surface area contributed by atoms with Gasteiger partial charge >= 0.3 is 0 Å². The van der Waals surface area contributed by atoms with Gasteiger partial charge < -0.3 is 4.90 Å². The Morgan fingerprint density at radius 2 is 1.93 bits per heavy atom. The number of hydrogen-bond donors (Lipinski definition) is 0. The number of sulfonamides is 1. The molecule has 1 aromatic carbocycles. The van der Waals surface area contributed by atoms with E-state index < -0.39 is 15.8 Å². The van der Waals surface area contributed by atoms with Gasteiger partial charge in [0.15, 0.2) is 0 Å². The van der Waals surface area contributed by atoms with E-state index in [2.05, 4.69) is 5.10 Å². The molecule has 0 spiro atoms. The summed E-state index contributed by atoms with van der Waals surface area (Å²) in [5, 5.41) is 4.63. The molecule has 1 fully saturated rings. The zero-order chi connectivity index (χ0) is 20.8. The lowest BCUT2D eigenvalue weighted by Crippen LogP contribution is -2.39. The van der Waals surface area contributed by atoms with E-state index in [9.17, 15) is 17.6 Å². The van der Waals surface area contributed by atoms with Gasteiger partial charge in [-0.2, -0.15) is 9.40 Å². The highest BCUT2D eigenvalue weighted by atomic mass is 32.2. The molecular formula is C20H25FN4O3S. The van der Waals surface area contributed by atoms with Crippen LogP contribution in [0, 0.1) is 12.7 Å². The third kappa shape index (κ3) is 3.69. The summed E-state index contributed by atoms with van der Waals surface area (Å²) in [6, 6.07) is 5.70. The minimum absolute atomic E-state index is 0.0525. The van der Waals surface area contributed by atoms with E-state index in [4.69, 9.17) is 0 Å². The SMILES string of the molecule is Cc1cc(S(=O)(=O)N2CCCC(c3cc4n(n3)CCCN(C)C4=O)C2)ccc1F. The van der Waals surface area contributed by atoms with Crippen molar-refractivity contribution in [3.63, 3.8) is 0 Å². The number of rotatable bonds is 3. The quantitative estimate of drug-likeness (QED) is 0.764. The van der Waals surface area contributed by atoms with E-state index in [0.717, 1.165) is 18.5 Å². The number of carbonyl (C=O) groups is 1. The predicted octanol–water partition coefficient (Wildman–Crippen LogP) is 2.37. The average Bonchev–Trinajstić information content (AvgIpc) is 3.08. The second kappa shape index (κ2) is 7.53. The number of benzene rings is 1. The van der Waals surface area contributed by atoms with Crippen LogP contribution < -0.4 is 0 Å². The molecule has 156 valence electrons. The number of carbonyl (C=O) groups excluding carboxylic acids is 1. The maximum Gasteiger partial charge on any atom is 0.271 e. The molecule has 2 aliphatic rings. The molecule has 0 radical (unpaired) electrons. The topological polar surface area (TPSA) is 75.5 Å². The van der Waals surface area contributed by atoms with E-state index in [1.165, 1.54) is 22.5 Å². The number of nitrogens with zero attached hydrogens (tertiary/aromatic N) is 4. The Bertz CT molecular complexity index is 1050. The zero-order valence-electron chi connectivity index (χ0n) is 16.6. The van der Waals surface area contributed by atoms with Gasteiger partial charge in [0.1, 0.15) is 11.5 Å². The molecular weight excluding hydrogens is 395 g/mol. The number of aromatic nitrogens is 2. The van der Waals surface area contributed by atoms with Crippen LogP contribution in [0.1, 0.15) is 46.9 Å². The summed E-state index contributed by atoms with van der Waals surface area (Å²) < 4.78 is 42.9. The number of halogens is 1. The van der Waals surface area contributed by atoms with Crippen molar-refractivity contribution in [2.24, 2.45) is 0 Å². The van der Waals surface area contributed by atoms with Crippen molar-refractivity contribution in [2.45, 2.75) is 43.5 Å². The maximum absolute atomic E-state index is 13.6. The third-order valence-electron chi connectivity index (χ3n) is 5.80. The van der Waals surface area contributed by atoms with Crippen LogP contribution in [0.25, 0.3) is 0 Å². The molecule has 1 unspecified atom stereocenters. The Morgan fingerprint density at radius 3 is 2.69 bits per heavy atom. The van der Waals surface area contributed by atoms with Crippen LogP contribution in [-0.4, -0.2) is 60.0 Å². The summed E-state index contributed by atoms with van der Waals surface area (Å²) in [6.07, 6.45) is 2.36. The van der Waals surface area contributed by atoms with Gasteiger partial charge in [-0.3, -0.25) is 9.48 Å². The van der Waals surface area contributed by atoms with Gasteiger partial charge in [-0.15, -0.1) is 0 Å². The smallest absolute Gasteiger partial charge is 0.271 e. The summed E-state index contributed by atoms with van der Waals surface area (Å²) in [5.41, 5.74) is 1.63. The van der Waals surface area contributed by atoms with Crippen molar-refractivity contribution in [3.05, 3.63) is 47.0 Å². The molecule has 1 amide bonds. The number of piperidine rings is 1. The first kappa shape index (κ1) is 20.0. The van der Waals surface area contributed by atoms with Crippen molar-refractivity contribution in [1.29, 1.82) is 0 Å². The average molecular weight is 421 g/mol. The van der Waals surface area contributed by atoms with E-state index in [1.807, 2.05) is 6.07 Å². The Kier molecular flexibility index (Phi) is 5.20. The lowest BCUT2D eigenvalue weighted by atomic mass is 9.96. The molecule has 2 aliphatic heterocycles. The highest BCUT2D eigenvalue weighted by Crippen LogP contribution is 2.31. The summed E-state index contributed by atoms with van der Waals surface area (Å²) in [5.74, 6) is -0.546. The minimum Gasteiger partial charge on any atom is -0.340 e. The maximum atomic E-state index is 13.6. The summed E-state index contributed by atoms with van der Waals surface area (Å²) >= 11 is 0. The van der Waals surface area contributed by atoms with Crippen molar-refractivity contribution in [3.8, 4) is 0 Å². The molecule has 4 rings (SSSR count). The second-order valence-electron chi connectivity index (χ2n) is 7.87. The predicted molar refractivity (Wildman–Crippen MR) is 106 cm³/mol. The first-order valence-corrected chi connectivity index (χ1v) is 11.3. The number of fused-ring (bicyclic) bond motifs is 1. The number of aryl methyl sites for hydroxylation is 2. The molecule has 29 heavy (non-hydrogen) atoms. The van der Waals surface area contributed by atoms with Gasteiger partial charge in [-0.25, -0.2) is 12.8 Å². The van der Waals surface area contributed by atoms with Crippen molar-refractivity contribution in [2.75, 3.05) is 26.7 Å². The number of amides is 1. The Morgan fingerprint density at radius 1 is 1.14 bits per heavy atom. The molecule has 3 heterocycles. The molecule has 0 aliphatic carbocycles. The molecule has 0 saturated carbocycles. The van der Waals surface area contributed by atoms with Crippen LogP contribution in [0.2, 0.25) is 0 Å². The molecule has 7 nitrogen and oxygen atoms in total. The van der Waals surface area contributed by atoms with E-state index >= 15 is 0 Å². The first-order valence-electron chi connectivity index (χ1n) is 9.87. The first-order chi connectivity index (χ1) is 13.8. The normalized spacial score (nSPS) is 21.1. The van der Waals surface area contributed by atoms with Crippen LogP contribution in [0.15, 0.2) is 29.2 Å². The lowest BCUT2D eigenvalue weighted by Gasteiger charge is -2.31. The van der Waals surface area contributed by atoms with Crippen LogP contribution in [0.4, 0.5) is 4.39 Å². The largest absolute Gasteiger partial charge is 0.340 e. The Balaban J connectivity index is 1.59. The highest BCUT2D eigenvalue weighted by Gasteiger charge is 2.33. The monoisotopic (exact) mass is 420 g/mol. The Labute approximate surface area is 170 Å². The van der Waals surface area contributed by atoms with Crippen LogP contribution in [-0.2, 0) is 16.6 Å². The van der Waals surface area contributed by atoms with Crippen LogP contribution in [0.3, 0.4) is 0 Å². The van der Waals surface area contributed by atoms with Crippen LogP contribution >= 0.6 is 0 Å². The van der Waals surface area contributed by atoms with Gasteiger partial charge in [-0.05, 0) is 56.0 Å². The fourth-order valence-corrected chi connectivity index (χ4v) is 5.67. The van der Waals surface area contributed by atoms with Crippen molar-refractivity contribution < 1.29 is 17.6 Å². The fraction of sp³-hybridized carbons (Fsp3) is 0.500. The van der Waals surface area contributed by atoms with E-state index in [-0.39, 0.29) is 16.7 Å². The van der Waals surface area contributed by atoms with Gasteiger partial charge in [0.25, 0.3) is 5.91 Å². The lowest BCUT2D eigenvalue weighted by molar-refractivity contribution is 0.0796. The molecule has 1 saturated heterocycles. The van der Waals surface area contributed by atoms with E-state index in [1.54, 1.807) is 23.6 Å². The molecule has 0 N–H and O–H groups in total. The van der Waals surface area contributed by atoms with Gasteiger partial charge in [0.2, 0.25) is 10.0 Å². The molecule has 1 atom stereocenters. The molecule has 0 bridgehead atoms. The highest BCUT2D eigenvalue weighted by molar-refractivity contribution is 7.89. The van der Waals surface area contributed by atoms with Crippen molar-refractivity contribution in [1.82, 2.24) is 19.0 Å². The van der Waals surface area contributed by atoms with Gasteiger partial charge in [0.05, 0.1) is 10.6 Å². The molecule has 1 aromatic heterocycles. The van der Waals surface area contributed by atoms with Crippen LogP contribution in [0.5, 0.6) is 0 Å². The van der Waals surface area contributed by atoms with Gasteiger partial charge in [-0.1, -0.05) is 0 Å².